The van der Waals surface area contributed by atoms with Crippen molar-refractivity contribution in [3.8, 4) is 0 Å². The van der Waals surface area contributed by atoms with Crippen LogP contribution < -0.4 is 10.4 Å². The van der Waals surface area contributed by atoms with Crippen molar-refractivity contribution in [2.24, 2.45) is 5.92 Å². The van der Waals surface area contributed by atoms with Crippen LogP contribution in [0, 0.1) is 5.92 Å². The Hall–Kier alpha value is -4.36. The standard InChI is InChI=1S/C36H26O/c1-2-10-23(11-3-1)35-27-14-6-8-16-29(27)36(30-17-9-7-15-28(30)35)26-18-19-33-31(21-26)32-20-24-12-4-5-13-25(24)22-34(32)37-33/h2,4-14,16-22,28H,1,3,15H2. The van der Waals surface area contributed by atoms with Gasteiger partial charge in [-0.05, 0) is 92.6 Å². The van der Waals surface area contributed by atoms with E-state index in [1.54, 1.807) is 0 Å². The molecule has 176 valence electrons. The van der Waals surface area contributed by atoms with Gasteiger partial charge >= 0.3 is 0 Å². The minimum atomic E-state index is 0.365. The van der Waals surface area contributed by atoms with E-state index in [4.69, 9.17) is 4.42 Å². The molecule has 0 saturated carbocycles. The first-order valence-electron chi connectivity index (χ1n) is 13.3. The molecule has 0 amide bonds. The lowest BCUT2D eigenvalue weighted by Gasteiger charge is -2.32. The first-order valence-corrected chi connectivity index (χ1v) is 13.3. The molecule has 1 aromatic heterocycles. The zero-order valence-electron chi connectivity index (χ0n) is 20.6. The van der Waals surface area contributed by atoms with E-state index in [1.165, 1.54) is 59.8 Å². The summed E-state index contributed by atoms with van der Waals surface area (Å²) >= 11 is 0. The number of furan rings is 1. The van der Waals surface area contributed by atoms with Crippen molar-refractivity contribution in [2.45, 2.75) is 19.3 Å². The van der Waals surface area contributed by atoms with Gasteiger partial charge in [0.25, 0.3) is 0 Å². The fraction of sp³-hybridized carbons (Fsp3) is 0.111. The topological polar surface area (TPSA) is 13.1 Å². The lowest BCUT2D eigenvalue weighted by molar-refractivity contribution is 0.669. The Kier molecular flexibility index (Phi) is 4.54. The highest BCUT2D eigenvalue weighted by molar-refractivity contribution is 6.11. The SMILES string of the molecule is C1=CCC2C(=C1)C(c1ccc3oc4cc5ccccc5cc4c3c1)=c1ccccc1=C2C1=CCCC=C1. The van der Waals surface area contributed by atoms with E-state index in [1.807, 2.05) is 0 Å². The maximum absolute atomic E-state index is 6.32. The Labute approximate surface area is 215 Å². The van der Waals surface area contributed by atoms with E-state index in [2.05, 4.69) is 115 Å². The summed E-state index contributed by atoms with van der Waals surface area (Å²) in [5, 5.41) is 7.51. The van der Waals surface area contributed by atoms with E-state index < -0.39 is 0 Å². The smallest absolute Gasteiger partial charge is 0.136 e. The molecule has 1 atom stereocenters. The van der Waals surface area contributed by atoms with Crippen molar-refractivity contribution in [3.05, 3.63) is 142 Å². The van der Waals surface area contributed by atoms with E-state index in [0.29, 0.717) is 5.92 Å². The molecular weight excluding hydrogens is 448 g/mol. The molecule has 1 heterocycles. The van der Waals surface area contributed by atoms with Crippen LogP contribution in [0.25, 0.3) is 43.9 Å². The van der Waals surface area contributed by atoms with Gasteiger partial charge in [-0.15, -0.1) is 0 Å². The monoisotopic (exact) mass is 474 g/mol. The zero-order chi connectivity index (χ0) is 24.3. The molecule has 37 heavy (non-hydrogen) atoms. The average molecular weight is 475 g/mol. The Morgan fingerprint density at radius 2 is 1.51 bits per heavy atom. The van der Waals surface area contributed by atoms with Gasteiger partial charge in [0.15, 0.2) is 0 Å². The van der Waals surface area contributed by atoms with Crippen LogP contribution in [0.15, 0.2) is 131 Å². The molecule has 0 N–H and O–H groups in total. The minimum Gasteiger partial charge on any atom is -0.456 e. The molecule has 0 radical (unpaired) electrons. The molecule has 1 unspecified atom stereocenters. The number of hydrogen-bond donors (Lipinski definition) is 0. The van der Waals surface area contributed by atoms with E-state index in [0.717, 1.165) is 30.4 Å². The van der Waals surface area contributed by atoms with Crippen molar-refractivity contribution in [3.63, 3.8) is 0 Å². The molecule has 3 aliphatic rings. The fourth-order valence-electron chi connectivity index (χ4n) is 6.55. The molecule has 3 aliphatic carbocycles. The number of fused-ring (bicyclic) bond motifs is 6. The second-order valence-electron chi connectivity index (χ2n) is 10.3. The van der Waals surface area contributed by atoms with Crippen molar-refractivity contribution in [1.29, 1.82) is 0 Å². The maximum Gasteiger partial charge on any atom is 0.136 e. The van der Waals surface area contributed by atoms with Gasteiger partial charge in [0.2, 0.25) is 0 Å². The second kappa shape index (κ2) is 8.08. The van der Waals surface area contributed by atoms with Crippen molar-refractivity contribution in [1.82, 2.24) is 0 Å². The van der Waals surface area contributed by atoms with Crippen molar-refractivity contribution >= 4 is 43.9 Å². The summed E-state index contributed by atoms with van der Waals surface area (Å²) in [7, 11) is 0. The quantitative estimate of drug-likeness (QED) is 0.254. The van der Waals surface area contributed by atoms with Gasteiger partial charge < -0.3 is 4.42 Å². The Morgan fingerprint density at radius 1 is 0.703 bits per heavy atom. The first kappa shape index (κ1) is 20.8. The zero-order valence-corrected chi connectivity index (χ0v) is 20.6. The molecule has 0 bridgehead atoms. The van der Waals surface area contributed by atoms with Crippen molar-refractivity contribution in [2.75, 3.05) is 0 Å². The summed E-state index contributed by atoms with van der Waals surface area (Å²) < 4.78 is 6.32. The Balaban J connectivity index is 1.45. The largest absolute Gasteiger partial charge is 0.456 e. The Bertz CT molecular complexity index is 2000. The summed E-state index contributed by atoms with van der Waals surface area (Å²) in [5.74, 6) is 0.365. The summed E-state index contributed by atoms with van der Waals surface area (Å²) in [6, 6.07) is 28.7. The van der Waals surface area contributed by atoms with Crippen LogP contribution in [0.4, 0.5) is 0 Å². The van der Waals surface area contributed by atoms with E-state index in [-0.39, 0.29) is 0 Å². The van der Waals surface area contributed by atoms with Gasteiger partial charge in [-0.2, -0.15) is 0 Å². The van der Waals surface area contributed by atoms with Gasteiger partial charge in [0.05, 0.1) is 0 Å². The summed E-state index contributed by atoms with van der Waals surface area (Å²) in [5.41, 5.74) is 8.80. The van der Waals surface area contributed by atoms with Gasteiger partial charge in [-0.25, -0.2) is 0 Å². The normalized spacial score (nSPS) is 18.8. The lowest BCUT2D eigenvalue weighted by Crippen LogP contribution is -2.38. The molecule has 0 spiro atoms. The van der Waals surface area contributed by atoms with E-state index >= 15 is 0 Å². The third-order valence-corrected chi connectivity index (χ3v) is 8.22. The second-order valence-corrected chi connectivity index (χ2v) is 10.3. The molecule has 1 nitrogen and oxygen atoms in total. The summed E-state index contributed by atoms with van der Waals surface area (Å²) in [4.78, 5) is 0. The molecule has 8 rings (SSSR count). The highest BCUT2D eigenvalue weighted by atomic mass is 16.3. The predicted molar refractivity (Wildman–Crippen MR) is 155 cm³/mol. The van der Waals surface area contributed by atoms with Crippen LogP contribution in [-0.2, 0) is 0 Å². The average Bonchev–Trinajstić information content (AvgIpc) is 3.31. The number of allylic oxidation sites excluding steroid dienone is 8. The van der Waals surface area contributed by atoms with Crippen LogP contribution in [0.2, 0.25) is 0 Å². The predicted octanol–water partition coefficient (Wildman–Crippen LogP) is 7.88. The van der Waals surface area contributed by atoms with Crippen molar-refractivity contribution < 1.29 is 4.42 Å². The summed E-state index contributed by atoms with van der Waals surface area (Å²) in [6.45, 7) is 0. The van der Waals surface area contributed by atoms with Gasteiger partial charge in [0.1, 0.15) is 11.2 Å². The number of rotatable bonds is 2. The molecule has 0 fully saturated rings. The molecule has 0 saturated heterocycles. The molecule has 0 aliphatic heterocycles. The molecular formula is C36H26O. The number of hydrogen-bond acceptors (Lipinski definition) is 1. The van der Waals surface area contributed by atoms with E-state index in [9.17, 15) is 0 Å². The minimum absolute atomic E-state index is 0.365. The highest BCUT2D eigenvalue weighted by Crippen LogP contribution is 2.42. The highest BCUT2D eigenvalue weighted by Gasteiger charge is 2.30. The van der Waals surface area contributed by atoms with Crippen LogP contribution >= 0.6 is 0 Å². The van der Waals surface area contributed by atoms with Gasteiger partial charge in [0, 0.05) is 16.7 Å². The summed E-state index contributed by atoms with van der Waals surface area (Å²) in [6.07, 6.45) is 17.3. The van der Waals surface area contributed by atoms with Crippen LogP contribution in [0.5, 0.6) is 0 Å². The maximum atomic E-state index is 6.32. The van der Waals surface area contributed by atoms with Crippen LogP contribution in [0.3, 0.4) is 0 Å². The number of benzene rings is 4. The molecule has 1 heteroatoms. The molecule has 5 aromatic rings. The van der Waals surface area contributed by atoms with Crippen LogP contribution in [0.1, 0.15) is 24.8 Å². The van der Waals surface area contributed by atoms with Gasteiger partial charge in [-0.3, -0.25) is 0 Å². The third kappa shape index (κ3) is 3.17. The first-order chi connectivity index (χ1) is 18.3. The van der Waals surface area contributed by atoms with Gasteiger partial charge in [-0.1, -0.05) is 91.1 Å². The lowest BCUT2D eigenvalue weighted by atomic mass is 9.72. The fourth-order valence-corrected chi connectivity index (χ4v) is 6.55. The molecule has 4 aromatic carbocycles. The van der Waals surface area contributed by atoms with Crippen LogP contribution in [-0.4, -0.2) is 0 Å². The third-order valence-electron chi connectivity index (χ3n) is 8.22. The Morgan fingerprint density at radius 3 is 2.38 bits per heavy atom.